The monoisotopic (exact) mass is 487 g/mol. The summed E-state index contributed by atoms with van der Waals surface area (Å²) in [6, 6.07) is 12.2. The molecule has 1 heterocycles. The molecule has 1 aliphatic rings. The topological polar surface area (TPSA) is 61.9 Å². The molecule has 1 aliphatic heterocycles. The number of benzene rings is 2. The molecular formula is C18H22IN3O3S. The van der Waals surface area contributed by atoms with Crippen LogP contribution in [0.1, 0.15) is 0 Å². The van der Waals surface area contributed by atoms with Gasteiger partial charge in [0, 0.05) is 29.7 Å². The largest absolute Gasteiger partial charge is 0.495 e. The van der Waals surface area contributed by atoms with Crippen LogP contribution in [0.2, 0.25) is 0 Å². The van der Waals surface area contributed by atoms with E-state index in [9.17, 15) is 8.42 Å². The summed E-state index contributed by atoms with van der Waals surface area (Å²) in [4.78, 5) is 4.75. The molecule has 2 aromatic carbocycles. The number of nitrogens with one attached hydrogen (secondary N) is 1. The Labute approximate surface area is 168 Å². The van der Waals surface area contributed by atoms with Gasteiger partial charge in [0.1, 0.15) is 5.75 Å². The number of ether oxygens (including phenoxy) is 1. The highest BCUT2D eigenvalue weighted by Gasteiger charge is 2.20. The Balaban J connectivity index is 1.88. The van der Waals surface area contributed by atoms with Gasteiger partial charge in [0.15, 0.2) is 0 Å². The Morgan fingerprint density at radius 1 is 1.08 bits per heavy atom. The summed E-state index contributed by atoms with van der Waals surface area (Å²) in [5.74, 6) is 0.742. The molecule has 0 atom stereocenters. The van der Waals surface area contributed by atoms with Crippen molar-refractivity contribution < 1.29 is 13.2 Å². The first-order valence-electron chi connectivity index (χ1n) is 8.29. The van der Waals surface area contributed by atoms with Crippen LogP contribution in [0, 0.1) is 3.57 Å². The number of halogens is 1. The van der Waals surface area contributed by atoms with Crippen LogP contribution in [-0.4, -0.2) is 53.7 Å². The Morgan fingerprint density at radius 3 is 2.46 bits per heavy atom. The van der Waals surface area contributed by atoms with E-state index >= 15 is 0 Å². The lowest BCUT2D eigenvalue weighted by molar-refractivity contribution is 0.311. The number of likely N-dealkylation sites (N-methyl/N-ethyl adjacent to an activating group) is 1. The average Bonchev–Trinajstić information content (AvgIpc) is 2.62. The zero-order chi connectivity index (χ0) is 18.7. The standard InChI is InChI=1S/C18H22IN3O3S/c1-21-8-10-22(11-9-21)17-13-15(6-7-18(17)25-2)20-26(23,24)16-5-3-4-14(19)12-16/h3-7,12-13,20H,8-11H2,1-2H3. The van der Waals surface area contributed by atoms with Gasteiger partial charge in [-0.15, -0.1) is 0 Å². The third-order valence-corrected chi connectivity index (χ3v) is 6.43. The van der Waals surface area contributed by atoms with Crippen LogP contribution >= 0.6 is 22.6 Å². The van der Waals surface area contributed by atoms with Crippen molar-refractivity contribution in [3.63, 3.8) is 0 Å². The van der Waals surface area contributed by atoms with Gasteiger partial charge in [-0.3, -0.25) is 4.72 Å². The van der Waals surface area contributed by atoms with Gasteiger partial charge in [-0.1, -0.05) is 6.07 Å². The van der Waals surface area contributed by atoms with Crippen molar-refractivity contribution in [2.45, 2.75) is 4.90 Å². The first-order chi connectivity index (χ1) is 12.4. The van der Waals surface area contributed by atoms with Crippen LogP contribution in [0.15, 0.2) is 47.4 Å². The molecule has 1 fully saturated rings. The highest BCUT2D eigenvalue weighted by Crippen LogP contribution is 2.32. The van der Waals surface area contributed by atoms with E-state index in [1.54, 1.807) is 37.4 Å². The third kappa shape index (κ3) is 4.41. The lowest BCUT2D eigenvalue weighted by atomic mass is 10.2. The van der Waals surface area contributed by atoms with Crippen molar-refractivity contribution in [2.24, 2.45) is 0 Å². The van der Waals surface area contributed by atoms with E-state index in [1.807, 2.05) is 12.1 Å². The maximum Gasteiger partial charge on any atom is 0.261 e. The van der Waals surface area contributed by atoms with Crippen LogP contribution in [0.3, 0.4) is 0 Å². The Bertz CT molecular complexity index is 881. The van der Waals surface area contributed by atoms with Crippen LogP contribution in [0.4, 0.5) is 11.4 Å². The highest BCUT2D eigenvalue weighted by molar-refractivity contribution is 14.1. The first kappa shape index (κ1) is 19.2. The molecule has 26 heavy (non-hydrogen) atoms. The number of rotatable bonds is 5. The average molecular weight is 487 g/mol. The van der Waals surface area contributed by atoms with Crippen LogP contribution < -0.4 is 14.4 Å². The third-order valence-electron chi connectivity index (χ3n) is 4.38. The summed E-state index contributed by atoms with van der Waals surface area (Å²) < 4.78 is 34.4. The van der Waals surface area contributed by atoms with Gasteiger partial charge < -0.3 is 14.5 Å². The first-order valence-corrected chi connectivity index (χ1v) is 10.8. The Kier molecular flexibility index (Phi) is 5.93. The zero-order valence-corrected chi connectivity index (χ0v) is 17.7. The lowest BCUT2D eigenvalue weighted by Crippen LogP contribution is -2.44. The van der Waals surface area contributed by atoms with Gasteiger partial charge in [-0.05, 0) is 66.0 Å². The number of anilines is 2. The van der Waals surface area contributed by atoms with Crippen molar-refractivity contribution in [3.05, 3.63) is 46.0 Å². The molecule has 2 aromatic rings. The highest BCUT2D eigenvalue weighted by atomic mass is 127. The summed E-state index contributed by atoms with van der Waals surface area (Å²) in [6.45, 7) is 3.67. The van der Waals surface area contributed by atoms with Crippen molar-refractivity contribution in [1.82, 2.24) is 4.90 Å². The van der Waals surface area contributed by atoms with E-state index in [0.29, 0.717) is 5.69 Å². The van der Waals surface area contributed by atoms with Gasteiger partial charge >= 0.3 is 0 Å². The van der Waals surface area contributed by atoms with E-state index < -0.39 is 10.0 Å². The smallest absolute Gasteiger partial charge is 0.261 e. The minimum Gasteiger partial charge on any atom is -0.495 e. The van der Waals surface area contributed by atoms with Gasteiger partial charge in [-0.2, -0.15) is 0 Å². The fraction of sp³-hybridized carbons (Fsp3) is 0.333. The second kappa shape index (κ2) is 8.01. The Hall–Kier alpha value is -1.52. The SMILES string of the molecule is COc1ccc(NS(=O)(=O)c2cccc(I)c2)cc1N1CCN(C)CC1. The fourth-order valence-corrected chi connectivity index (χ4v) is 4.75. The molecule has 0 spiro atoms. The fourth-order valence-electron chi connectivity index (χ4n) is 2.90. The molecule has 8 heteroatoms. The molecule has 0 unspecified atom stereocenters. The van der Waals surface area contributed by atoms with E-state index in [2.05, 4.69) is 44.2 Å². The maximum atomic E-state index is 12.7. The van der Waals surface area contributed by atoms with Crippen molar-refractivity contribution in [3.8, 4) is 5.75 Å². The summed E-state index contributed by atoms with van der Waals surface area (Å²) in [5.41, 5.74) is 1.43. The number of methoxy groups -OCH3 is 1. The maximum absolute atomic E-state index is 12.7. The second-order valence-corrected chi connectivity index (χ2v) is 9.17. The number of nitrogens with zero attached hydrogens (tertiary/aromatic N) is 2. The lowest BCUT2D eigenvalue weighted by Gasteiger charge is -2.35. The molecule has 140 valence electrons. The van der Waals surface area contributed by atoms with E-state index in [1.165, 1.54) is 0 Å². The van der Waals surface area contributed by atoms with Gasteiger partial charge in [0.05, 0.1) is 23.4 Å². The molecule has 0 aromatic heterocycles. The molecule has 3 rings (SSSR count). The molecule has 6 nitrogen and oxygen atoms in total. The minimum absolute atomic E-state index is 0.251. The van der Waals surface area contributed by atoms with E-state index in [0.717, 1.165) is 41.2 Å². The molecule has 0 saturated carbocycles. The number of sulfonamides is 1. The predicted octanol–water partition coefficient (Wildman–Crippen LogP) is 2.85. The van der Waals surface area contributed by atoms with Gasteiger partial charge in [0.25, 0.3) is 10.0 Å². The van der Waals surface area contributed by atoms with Crippen LogP contribution in [0.5, 0.6) is 5.75 Å². The molecule has 1 N–H and O–H groups in total. The van der Waals surface area contributed by atoms with Crippen LogP contribution in [0.25, 0.3) is 0 Å². The van der Waals surface area contributed by atoms with Gasteiger partial charge in [-0.25, -0.2) is 8.42 Å². The zero-order valence-electron chi connectivity index (χ0n) is 14.8. The Morgan fingerprint density at radius 2 is 1.81 bits per heavy atom. The van der Waals surface area contributed by atoms with Crippen molar-refractivity contribution in [2.75, 3.05) is 50.0 Å². The summed E-state index contributed by atoms with van der Waals surface area (Å²) in [5, 5.41) is 0. The molecular weight excluding hydrogens is 465 g/mol. The summed E-state index contributed by atoms with van der Waals surface area (Å²) in [7, 11) is 0.0932. The molecule has 0 bridgehead atoms. The normalized spacial score (nSPS) is 15.7. The molecule has 0 radical (unpaired) electrons. The summed E-state index contributed by atoms with van der Waals surface area (Å²) in [6.07, 6.45) is 0. The number of hydrogen-bond donors (Lipinski definition) is 1. The summed E-state index contributed by atoms with van der Waals surface area (Å²) >= 11 is 2.10. The van der Waals surface area contributed by atoms with Crippen LogP contribution in [-0.2, 0) is 10.0 Å². The molecule has 0 aliphatic carbocycles. The van der Waals surface area contributed by atoms with E-state index in [-0.39, 0.29) is 4.90 Å². The number of hydrogen-bond acceptors (Lipinski definition) is 5. The second-order valence-electron chi connectivity index (χ2n) is 6.24. The molecule has 1 saturated heterocycles. The van der Waals surface area contributed by atoms with Crippen molar-refractivity contribution in [1.29, 1.82) is 0 Å². The number of piperazine rings is 1. The quantitative estimate of drug-likeness (QED) is 0.658. The van der Waals surface area contributed by atoms with E-state index in [4.69, 9.17) is 4.74 Å². The predicted molar refractivity (Wildman–Crippen MR) is 113 cm³/mol. The minimum atomic E-state index is -3.63. The van der Waals surface area contributed by atoms with Gasteiger partial charge in [0.2, 0.25) is 0 Å². The van der Waals surface area contributed by atoms with Crippen molar-refractivity contribution >= 4 is 44.0 Å². The molecule has 0 amide bonds.